The van der Waals surface area contributed by atoms with Gasteiger partial charge in [-0.15, -0.1) is 11.3 Å². The van der Waals surface area contributed by atoms with Gasteiger partial charge in [0.15, 0.2) is 5.78 Å². The van der Waals surface area contributed by atoms with E-state index in [2.05, 4.69) is 20.8 Å². The lowest BCUT2D eigenvalue weighted by molar-refractivity contribution is 0.105. The molecule has 0 saturated carbocycles. The fourth-order valence-corrected chi connectivity index (χ4v) is 4.83. The lowest BCUT2D eigenvalue weighted by atomic mass is 9.74. The highest BCUT2D eigenvalue weighted by Crippen LogP contribution is 2.41. The van der Waals surface area contributed by atoms with Crippen LogP contribution in [0.3, 0.4) is 0 Å². The summed E-state index contributed by atoms with van der Waals surface area (Å²) in [5, 5.41) is 9.87. The van der Waals surface area contributed by atoms with Crippen molar-refractivity contribution in [2.24, 2.45) is 5.41 Å². The van der Waals surface area contributed by atoms with Crippen LogP contribution in [0.2, 0.25) is 0 Å². The Kier molecular flexibility index (Phi) is 4.63. The van der Waals surface area contributed by atoms with Crippen LogP contribution < -0.4 is 0 Å². The Hall–Kier alpha value is -1.87. The normalized spacial score (nSPS) is 16.2. The fraction of sp³-hybridized carbons (Fsp3) is 0.409. The molecule has 0 bridgehead atoms. The molecule has 1 aromatic heterocycles. The molecule has 25 heavy (non-hydrogen) atoms. The van der Waals surface area contributed by atoms with Crippen molar-refractivity contribution in [3.8, 4) is 5.75 Å². The van der Waals surface area contributed by atoms with Crippen molar-refractivity contribution in [2.45, 2.75) is 53.9 Å². The van der Waals surface area contributed by atoms with E-state index in [-0.39, 0.29) is 5.78 Å². The Labute approximate surface area is 154 Å². The zero-order valence-corrected chi connectivity index (χ0v) is 16.5. The van der Waals surface area contributed by atoms with Crippen LogP contribution in [-0.4, -0.2) is 10.9 Å². The largest absolute Gasteiger partial charge is 0.507 e. The number of aryl methyl sites for hydroxylation is 3. The monoisotopic (exact) mass is 354 g/mol. The first kappa shape index (κ1) is 17.9. The number of aromatic hydroxyl groups is 1. The molecule has 0 amide bonds. The number of phenolic OH excluding ortho intramolecular Hbond substituents is 1. The van der Waals surface area contributed by atoms with Gasteiger partial charge in [-0.1, -0.05) is 19.9 Å². The number of benzene rings is 1. The summed E-state index contributed by atoms with van der Waals surface area (Å²) in [5.74, 6) is 0.423. The Bertz CT molecular complexity index is 845. The van der Waals surface area contributed by atoms with Crippen molar-refractivity contribution >= 4 is 23.2 Å². The van der Waals surface area contributed by atoms with Gasteiger partial charge in [-0.3, -0.25) is 4.79 Å². The smallest absolute Gasteiger partial charge is 0.196 e. The van der Waals surface area contributed by atoms with Crippen molar-refractivity contribution in [1.82, 2.24) is 0 Å². The van der Waals surface area contributed by atoms with Crippen molar-refractivity contribution in [3.05, 3.63) is 55.8 Å². The number of thiophene rings is 1. The van der Waals surface area contributed by atoms with Crippen LogP contribution in [-0.2, 0) is 12.8 Å². The molecule has 2 aromatic rings. The Morgan fingerprint density at radius 3 is 2.44 bits per heavy atom. The number of fused-ring (bicyclic) bond motifs is 1. The molecule has 3 heteroatoms. The van der Waals surface area contributed by atoms with Crippen molar-refractivity contribution in [3.63, 3.8) is 0 Å². The number of carbonyl (C=O) groups is 1. The highest BCUT2D eigenvalue weighted by Gasteiger charge is 2.30. The van der Waals surface area contributed by atoms with E-state index in [1.54, 1.807) is 17.4 Å². The predicted octanol–water partition coefficient (Wildman–Crippen LogP) is 5.79. The molecular weight excluding hydrogens is 328 g/mol. The maximum Gasteiger partial charge on any atom is 0.196 e. The Morgan fingerprint density at radius 2 is 1.80 bits per heavy atom. The summed E-state index contributed by atoms with van der Waals surface area (Å²) in [4.78, 5) is 15.0. The molecule has 3 rings (SSSR count). The van der Waals surface area contributed by atoms with Gasteiger partial charge in [0.05, 0.1) is 4.88 Å². The molecule has 1 aliphatic rings. The van der Waals surface area contributed by atoms with Gasteiger partial charge in [0.25, 0.3) is 0 Å². The molecule has 0 fully saturated rings. The van der Waals surface area contributed by atoms with Gasteiger partial charge in [0, 0.05) is 4.88 Å². The van der Waals surface area contributed by atoms with Crippen molar-refractivity contribution < 1.29 is 9.90 Å². The lowest BCUT2D eigenvalue weighted by Crippen LogP contribution is -2.22. The van der Waals surface area contributed by atoms with E-state index in [0.717, 1.165) is 40.8 Å². The van der Waals surface area contributed by atoms with Crippen LogP contribution in [0, 0.1) is 26.2 Å². The number of hydrogen-bond acceptors (Lipinski definition) is 3. The van der Waals surface area contributed by atoms with Crippen molar-refractivity contribution in [1.29, 1.82) is 0 Å². The summed E-state index contributed by atoms with van der Waals surface area (Å²) >= 11 is 1.64. The van der Waals surface area contributed by atoms with Crippen LogP contribution in [0.4, 0.5) is 0 Å². The highest BCUT2D eigenvalue weighted by molar-refractivity contribution is 7.14. The van der Waals surface area contributed by atoms with E-state index in [4.69, 9.17) is 0 Å². The second kappa shape index (κ2) is 6.45. The first-order valence-electron chi connectivity index (χ1n) is 8.82. The SMILES string of the molecule is Cc1cc(C=CC(=O)c2sc(C)c3c2CCC(C)(C)C3)cc(C)c1O. The average molecular weight is 355 g/mol. The molecule has 0 aliphatic heterocycles. The van der Waals surface area contributed by atoms with Crippen LogP contribution in [0.25, 0.3) is 6.08 Å². The van der Waals surface area contributed by atoms with Gasteiger partial charge in [-0.05, 0) is 91.5 Å². The molecule has 132 valence electrons. The Balaban J connectivity index is 1.88. The molecule has 0 spiro atoms. The van der Waals surface area contributed by atoms with E-state index < -0.39 is 0 Å². The topological polar surface area (TPSA) is 37.3 Å². The first-order valence-corrected chi connectivity index (χ1v) is 9.63. The highest BCUT2D eigenvalue weighted by atomic mass is 32.1. The van der Waals surface area contributed by atoms with E-state index in [0.29, 0.717) is 11.2 Å². The molecule has 0 unspecified atom stereocenters. The molecule has 1 aromatic carbocycles. The third kappa shape index (κ3) is 3.57. The summed E-state index contributed by atoms with van der Waals surface area (Å²) in [6.45, 7) is 10.5. The predicted molar refractivity (Wildman–Crippen MR) is 106 cm³/mol. The van der Waals surface area contributed by atoms with Crippen LogP contribution in [0.15, 0.2) is 18.2 Å². The zero-order valence-electron chi connectivity index (χ0n) is 15.7. The molecule has 1 N–H and O–H groups in total. The summed E-state index contributed by atoms with van der Waals surface area (Å²) in [6.07, 6.45) is 6.74. The zero-order chi connectivity index (χ0) is 18.4. The molecule has 0 radical (unpaired) electrons. The summed E-state index contributed by atoms with van der Waals surface area (Å²) in [5.41, 5.74) is 5.61. The molecule has 1 heterocycles. The van der Waals surface area contributed by atoms with Crippen LogP contribution >= 0.6 is 11.3 Å². The number of allylic oxidation sites excluding steroid dienone is 1. The maximum absolute atomic E-state index is 12.8. The van der Waals surface area contributed by atoms with Gasteiger partial charge in [0.2, 0.25) is 0 Å². The van der Waals surface area contributed by atoms with Gasteiger partial charge in [0.1, 0.15) is 5.75 Å². The number of ketones is 1. The number of carbonyl (C=O) groups excluding carboxylic acids is 1. The lowest BCUT2D eigenvalue weighted by Gasteiger charge is -2.30. The molecule has 0 saturated heterocycles. The average Bonchev–Trinajstić information content (AvgIpc) is 2.85. The quantitative estimate of drug-likeness (QED) is 0.559. The summed E-state index contributed by atoms with van der Waals surface area (Å²) in [6, 6.07) is 3.81. The Morgan fingerprint density at radius 1 is 1.16 bits per heavy atom. The first-order chi connectivity index (χ1) is 11.7. The second-order valence-electron chi connectivity index (χ2n) is 7.99. The third-order valence-electron chi connectivity index (χ3n) is 5.19. The molecule has 1 aliphatic carbocycles. The van der Waals surface area contributed by atoms with E-state index in [9.17, 15) is 9.90 Å². The minimum atomic E-state index is 0.0948. The standard InChI is InChI=1S/C22H26O2S/c1-13-10-16(11-14(2)20(13)24)6-7-19(23)21-17-8-9-22(4,5)12-18(17)15(3)25-21/h6-7,10-11,24H,8-9,12H2,1-5H3. The molecule has 2 nitrogen and oxygen atoms in total. The molecular formula is C22H26O2S. The maximum atomic E-state index is 12.8. The summed E-state index contributed by atoms with van der Waals surface area (Å²) < 4.78 is 0. The fourth-order valence-electron chi connectivity index (χ4n) is 3.68. The van der Waals surface area contributed by atoms with Gasteiger partial charge in [-0.25, -0.2) is 0 Å². The van der Waals surface area contributed by atoms with E-state index in [1.807, 2.05) is 32.1 Å². The minimum Gasteiger partial charge on any atom is -0.507 e. The van der Waals surface area contributed by atoms with Crippen LogP contribution in [0.1, 0.15) is 62.6 Å². The number of rotatable bonds is 3. The van der Waals surface area contributed by atoms with Gasteiger partial charge >= 0.3 is 0 Å². The van der Waals surface area contributed by atoms with Crippen molar-refractivity contribution in [2.75, 3.05) is 0 Å². The van der Waals surface area contributed by atoms with Gasteiger partial charge < -0.3 is 5.11 Å². The third-order valence-corrected chi connectivity index (χ3v) is 6.39. The van der Waals surface area contributed by atoms with Gasteiger partial charge in [-0.2, -0.15) is 0 Å². The minimum absolute atomic E-state index is 0.0948. The van der Waals surface area contributed by atoms with E-state index >= 15 is 0 Å². The molecule has 0 atom stereocenters. The van der Waals surface area contributed by atoms with E-state index in [1.165, 1.54) is 16.0 Å². The summed E-state index contributed by atoms with van der Waals surface area (Å²) in [7, 11) is 0. The second-order valence-corrected chi connectivity index (χ2v) is 9.21. The number of phenols is 1. The number of hydrogen-bond donors (Lipinski definition) is 1. The van der Waals surface area contributed by atoms with Crippen LogP contribution in [0.5, 0.6) is 5.75 Å².